The van der Waals surface area contributed by atoms with Crippen LogP contribution < -0.4 is 0 Å². The minimum Gasteiger partial charge on any atom is -0.507 e. The van der Waals surface area contributed by atoms with Gasteiger partial charge in [0.2, 0.25) is 0 Å². The monoisotopic (exact) mass is 1220 g/mol. The van der Waals surface area contributed by atoms with Crippen LogP contribution >= 0.6 is 0 Å². The summed E-state index contributed by atoms with van der Waals surface area (Å²) in [5.41, 5.74) is 6.34. The Kier molecular flexibility index (Phi) is 26.9. The summed E-state index contributed by atoms with van der Waals surface area (Å²) in [7, 11) is 0. The Morgan fingerprint density at radius 1 is 0.397 bits per heavy atom. The maximum Gasteiger partial charge on any atom is 0.339 e. The van der Waals surface area contributed by atoms with Crippen molar-refractivity contribution in [3.05, 3.63) is 158 Å². The largest absolute Gasteiger partial charge is 0.507 e. The van der Waals surface area contributed by atoms with Gasteiger partial charge in [0.05, 0.1) is 0 Å². The normalized spacial score (nSPS) is 12.9. The number of hydrogen-bond donors (Lipinski definition) is 6. The first-order valence-electron chi connectivity index (χ1n) is 26.4. The number of aromatic hydroxyl groups is 3. The standard InChI is InChI=1S/C28H32O3.C23H38O3.C15H22O3.3Zn/c1-19(20-11-7-5-8-12-20)15-16-23(21-13-9-6-10-14-21)22-17-24(27(30)31)26(29)25(18-22)28(2,3)4;1-20(2,3)13-22(7,8)16-12-11-15(19(25)26)18(24)17(16)23(9,10)14-21(4,5)6;1-14(2,3)10-8-7-9(13(17)18)12(16)11(10)15(4,5)6;;;/h5-14,17-19,23,29H,15-16H2,1-4H3,(H,30,31);11-12,24H,13-14H2,1-10H3,(H,25,26);7-8,16H,1-6H3,(H,17,18);;;. The van der Waals surface area contributed by atoms with Crippen LogP contribution in [0.4, 0.5) is 0 Å². The average molecular weight is 1230 g/mol. The second-order valence-corrected chi connectivity index (χ2v) is 27.5. The van der Waals surface area contributed by atoms with Gasteiger partial charge in [-0.1, -0.05) is 217 Å². The molecule has 0 fully saturated rings. The third kappa shape index (κ3) is 20.4. The van der Waals surface area contributed by atoms with E-state index >= 15 is 0 Å². The molecule has 0 amide bonds. The van der Waals surface area contributed by atoms with Gasteiger partial charge in [0, 0.05) is 81.0 Å². The molecule has 2 unspecified atom stereocenters. The molecule has 0 spiro atoms. The van der Waals surface area contributed by atoms with Crippen LogP contribution in [0, 0.1) is 10.8 Å². The van der Waals surface area contributed by atoms with Crippen LogP contribution in [0.3, 0.4) is 0 Å². The van der Waals surface area contributed by atoms with Crippen molar-refractivity contribution in [1.82, 2.24) is 0 Å². The maximum atomic E-state index is 11.9. The zero-order valence-corrected chi connectivity index (χ0v) is 60.2. The van der Waals surface area contributed by atoms with E-state index in [1.54, 1.807) is 12.1 Å². The van der Waals surface area contributed by atoms with E-state index in [1.807, 2.05) is 84.0 Å². The molecule has 0 radical (unpaired) electrons. The van der Waals surface area contributed by atoms with E-state index in [0.717, 1.165) is 59.1 Å². The van der Waals surface area contributed by atoms with E-state index in [1.165, 1.54) is 11.6 Å². The fraction of sp³-hybridized carbons (Fsp3) is 0.500. The van der Waals surface area contributed by atoms with Crippen molar-refractivity contribution in [2.24, 2.45) is 10.8 Å². The summed E-state index contributed by atoms with van der Waals surface area (Å²) in [6.07, 6.45) is 3.63. The summed E-state index contributed by atoms with van der Waals surface area (Å²) in [5, 5.41) is 60.2. The van der Waals surface area contributed by atoms with Crippen LogP contribution in [0.15, 0.2) is 97.1 Å². The molecular formula is C66H92O9Zn3. The van der Waals surface area contributed by atoms with Gasteiger partial charge in [-0.15, -0.1) is 0 Å². The molecule has 0 aromatic heterocycles. The Morgan fingerprint density at radius 3 is 1.17 bits per heavy atom. The van der Waals surface area contributed by atoms with Crippen LogP contribution in [0.2, 0.25) is 0 Å². The quantitative estimate of drug-likeness (QED) is 0.0628. The zero-order chi connectivity index (χ0) is 57.6. The van der Waals surface area contributed by atoms with Crippen molar-refractivity contribution in [1.29, 1.82) is 0 Å². The van der Waals surface area contributed by atoms with Crippen LogP contribution in [0.25, 0.3) is 0 Å². The van der Waals surface area contributed by atoms with Crippen molar-refractivity contribution >= 4 is 17.9 Å². The zero-order valence-electron chi connectivity index (χ0n) is 51.3. The molecule has 78 heavy (non-hydrogen) atoms. The van der Waals surface area contributed by atoms with E-state index in [9.17, 15) is 39.9 Å². The van der Waals surface area contributed by atoms with Crippen LogP contribution in [0.5, 0.6) is 17.2 Å². The van der Waals surface area contributed by atoms with Gasteiger partial charge < -0.3 is 30.6 Å². The molecule has 0 aliphatic carbocycles. The molecule has 0 aliphatic rings. The number of rotatable bonds is 13. The number of hydrogen-bond acceptors (Lipinski definition) is 6. The van der Waals surface area contributed by atoms with Gasteiger partial charge in [-0.3, -0.25) is 0 Å². The minimum atomic E-state index is -1.10. The number of aromatic carboxylic acids is 3. The molecule has 0 saturated carbocycles. The molecule has 5 aromatic carbocycles. The van der Waals surface area contributed by atoms with E-state index in [2.05, 4.69) is 133 Å². The van der Waals surface area contributed by atoms with E-state index in [4.69, 9.17) is 5.11 Å². The van der Waals surface area contributed by atoms with Crippen molar-refractivity contribution in [3.63, 3.8) is 0 Å². The van der Waals surface area contributed by atoms with Gasteiger partial charge >= 0.3 is 17.9 Å². The number of phenols is 3. The van der Waals surface area contributed by atoms with Gasteiger partial charge in [-0.05, 0) is 116 Å². The van der Waals surface area contributed by atoms with Gasteiger partial charge in [0.15, 0.2) is 0 Å². The smallest absolute Gasteiger partial charge is 0.339 e. The summed E-state index contributed by atoms with van der Waals surface area (Å²) in [6.45, 7) is 42.0. The molecule has 416 valence electrons. The fourth-order valence-corrected chi connectivity index (χ4v) is 11.2. The van der Waals surface area contributed by atoms with Crippen molar-refractivity contribution in [2.45, 2.75) is 203 Å². The molecule has 2 atom stereocenters. The van der Waals surface area contributed by atoms with Crippen LogP contribution in [-0.4, -0.2) is 48.5 Å². The molecule has 9 nitrogen and oxygen atoms in total. The molecule has 0 bridgehead atoms. The first-order chi connectivity index (χ1) is 34.0. The molecule has 12 heteroatoms. The van der Waals surface area contributed by atoms with E-state index < -0.39 is 17.9 Å². The number of benzene rings is 5. The Morgan fingerprint density at radius 2 is 0.782 bits per heavy atom. The predicted octanol–water partition coefficient (Wildman–Crippen LogP) is 17.3. The second kappa shape index (κ2) is 28.5. The molecule has 5 aromatic rings. The van der Waals surface area contributed by atoms with Gasteiger partial charge in [0.25, 0.3) is 0 Å². The number of carbonyl (C=O) groups is 3. The third-order valence-corrected chi connectivity index (χ3v) is 13.8. The van der Waals surface area contributed by atoms with E-state index in [-0.39, 0.29) is 136 Å². The van der Waals surface area contributed by atoms with Gasteiger partial charge in [-0.25, -0.2) is 14.4 Å². The molecule has 0 saturated heterocycles. The predicted molar refractivity (Wildman–Crippen MR) is 308 cm³/mol. The summed E-state index contributed by atoms with van der Waals surface area (Å²) in [5.74, 6) is -3.16. The first kappa shape index (κ1) is 73.8. The molecule has 5 rings (SSSR count). The van der Waals surface area contributed by atoms with Crippen molar-refractivity contribution in [3.8, 4) is 17.2 Å². The fourth-order valence-electron chi connectivity index (χ4n) is 11.2. The maximum absolute atomic E-state index is 11.9. The number of carboxylic acid groups (broad SMARTS) is 3. The summed E-state index contributed by atoms with van der Waals surface area (Å²) in [6, 6.07) is 31.1. The van der Waals surface area contributed by atoms with Crippen LogP contribution in [-0.2, 0) is 85.5 Å². The molecule has 0 aliphatic heterocycles. The Hall–Kier alpha value is -4.22. The summed E-state index contributed by atoms with van der Waals surface area (Å²) < 4.78 is 0. The summed E-state index contributed by atoms with van der Waals surface area (Å²) >= 11 is 0. The van der Waals surface area contributed by atoms with E-state index in [0.29, 0.717) is 11.5 Å². The van der Waals surface area contributed by atoms with Gasteiger partial charge in [0.1, 0.15) is 33.9 Å². The third-order valence-electron chi connectivity index (χ3n) is 13.8. The molecule has 0 heterocycles. The number of carboxylic acids is 3. The Labute approximate surface area is 507 Å². The van der Waals surface area contributed by atoms with Gasteiger partial charge in [-0.2, -0.15) is 0 Å². The average Bonchev–Trinajstić information content (AvgIpc) is 3.24. The molecular weight excluding hydrogens is 1130 g/mol. The van der Waals surface area contributed by atoms with Crippen LogP contribution in [0.1, 0.15) is 252 Å². The summed E-state index contributed by atoms with van der Waals surface area (Å²) in [4.78, 5) is 34.6. The SMILES string of the molecule is CC(C)(C)CC(C)(C)c1ccc(C(=O)O)c(O)c1C(C)(C)CC(C)(C)C.CC(C)(C)c1ccc(C(=O)O)c(O)c1C(C)(C)C.CC(CCC(c1ccccc1)c1cc(C(=O)O)c(O)c(C(C)(C)C)c1)c1ccccc1.[Zn].[Zn].[Zn]. The first-order valence-corrected chi connectivity index (χ1v) is 26.4. The topological polar surface area (TPSA) is 173 Å². The molecule has 6 N–H and O–H groups in total. The minimum absolute atomic E-state index is 0. The Balaban J connectivity index is 0.00000116. The van der Waals surface area contributed by atoms with Crippen molar-refractivity contribution < 1.29 is 103 Å². The second-order valence-electron chi connectivity index (χ2n) is 27.5. The Bertz CT molecular complexity index is 2760. The van der Waals surface area contributed by atoms with Crippen molar-refractivity contribution in [2.75, 3.05) is 0 Å².